The van der Waals surface area contributed by atoms with Crippen molar-refractivity contribution in [3.63, 3.8) is 0 Å². The van der Waals surface area contributed by atoms with Gasteiger partial charge in [0.25, 0.3) is 0 Å². The third-order valence-corrected chi connectivity index (χ3v) is 6.24. The van der Waals surface area contributed by atoms with E-state index in [-0.39, 0.29) is 34.4 Å². The molecule has 0 spiro atoms. The molecule has 166 valence electrons. The van der Waals surface area contributed by atoms with Crippen LogP contribution in [0, 0.1) is 0 Å². The smallest absolute Gasteiger partial charge is 0.335 e. The van der Waals surface area contributed by atoms with E-state index in [2.05, 4.69) is 0 Å². The van der Waals surface area contributed by atoms with Gasteiger partial charge in [-0.15, -0.1) is 0 Å². The van der Waals surface area contributed by atoms with E-state index in [1.165, 1.54) is 30.2 Å². The number of carboxylic acid groups (broad SMARTS) is 1. The highest BCUT2D eigenvalue weighted by atomic mass is 35.5. The number of aromatic carboxylic acids is 1. The number of benzene rings is 2. The molecule has 1 aliphatic carbocycles. The average Bonchev–Trinajstić information content (AvgIpc) is 2.78. The Morgan fingerprint density at radius 3 is 2.50 bits per heavy atom. The van der Waals surface area contributed by atoms with Gasteiger partial charge in [-0.05, 0) is 48.7 Å². The van der Waals surface area contributed by atoms with Crippen LogP contribution in [-0.2, 0) is 9.59 Å². The lowest BCUT2D eigenvalue weighted by Gasteiger charge is -2.38. The van der Waals surface area contributed by atoms with E-state index in [4.69, 9.17) is 21.1 Å². The van der Waals surface area contributed by atoms with Gasteiger partial charge in [-0.25, -0.2) is 4.79 Å². The zero-order valence-corrected chi connectivity index (χ0v) is 18.4. The summed E-state index contributed by atoms with van der Waals surface area (Å²) in [6, 6.07) is 9.60. The van der Waals surface area contributed by atoms with Crippen LogP contribution in [0.15, 0.2) is 47.7 Å². The first kappa shape index (κ1) is 21.9. The quantitative estimate of drug-likeness (QED) is 0.709. The minimum absolute atomic E-state index is 0.0171. The van der Waals surface area contributed by atoms with Crippen molar-refractivity contribution in [2.24, 2.45) is 0 Å². The molecule has 1 atom stereocenters. The number of nitrogens with zero attached hydrogens (tertiary/aromatic N) is 1. The van der Waals surface area contributed by atoms with Gasteiger partial charge in [0.2, 0.25) is 5.91 Å². The number of carbonyl (C=O) groups is 3. The molecule has 8 heteroatoms. The largest absolute Gasteiger partial charge is 0.493 e. The maximum atomic E-state index is 13.4. The topological polar surface area (TPSA) is 93.1 Å². The number of anilines is 1. The van der Waals surface area contributed by atoms with Gasteiger partial charge in [0, 0.05) is 30.0 Å². The zero-order valence-electron chi connectivity index (χ0n) is 17.7. The molecule has 1 heterocycles. The standard InChI is InChI=1S/C24H22ClNO6/c1-31-20-9-7-13(11-21(20)32-2)15-12-22(28)26(17-4-3-5-19(27)23(15)17)18-10-14(24(29)30)6-8-16(18)25/h6-11,15H,3-5,12H2,1-2H3,(H,29,30). The van der Waals surface area contributed by atoms with Crippen LogP contribution in [0.5, 0.6) is 11.5 Å². The first-order valence-corrected chi connectivity index (χ1v) is 10.6. The summed E-state index contributed by atoms with van der Waals surface area (Å²) in [6.07, 6.45) is 1.57. The number of ketones is 1. The maximum absolute atomic E-state index is 13.4. The molecule has 2 aromatic rings. The van der Waals surface area contributed by atoms with Gasteiger partial charge in [-0.3, -0.25) is 14.5 Å². The van der Waals surface area contributed by atoms with Crippen molar-refractivity contribution in [1.82, 2.24) is 0 Å². The van der Waals surface area contributed by atoms with Crippen molar-refractivity contribution in [1.29, 1.82) is 0 Å². The van der Waals surface area contributed by atoms with Crippen molar-refractivity contribution in [2.75, 3.05) is 19.1 Å². The van der Waals surface area contributed by atoms with Crippen molar-refractivity contribution in [3.05, 3.63) is 63.8 Å². The molecule has 4 rings (SSSR count). The van der Waals surface area contributed by atoms with Crippen LogP contribution in [0.1, 0.15) is 47.5 Å². The number of hydrogen-bond acceptors (Lipinski definition) is 5. The number of amides is 1. The number of carbonyl (C=O) groups excluding carboxylic acids is 2. The molecule has 2 aromatic carbocycles. The van der Waals surface area contributed by atoms with Crippen LogP contribution in [0.25, 0.3) is 0 Å². The Morgan fingerprint density at radius 1 is 1.06 bits per heavy atom. The third kappa shape index (κ3) is 3.73. The van der Waals surface area contributed by atoms with Gasteiger partial charge in [0.05, 0.1) is 30.5 Å². The number of hydrogen-bond donors (Lipinski definition) is 1. The number of ether oxygens (including phenoxy) is 2. The summed E-state index contributed by atoms with van der Waals surface area (Å²) in [7, 11) is 3.07. The number of methoxy groups -OCH3 is 2. The van der Waals surface area contributed by atoms with E-state index in [0.717, 1.165) is 5.56 Å². The van der Waals surface area contributed by atoms with E-state index in [1.54, 1.807) is 19.2 Å². The number of halogens is 1. The van der Waals surface area contributed by atoms with E-state index in [9.17, 15) is 19.5 Å². The molecule has 0 aromatic heterocycles. The molecular weight excluding hydrogens is 434 g/mol. The molecule has 1 aliphatic heterocycles. The van der Waals surface area contributed by atoms with Crippen molar-refractivity contribution < 1.29 is 29.0 Å². The molecule has 1 amide bonds. The third-order valence-electron chi connectivity index (χ3n) is 5.92. The van der Waals surface area contributed by atoms with Crippen LogP contribution in [0.4, 0.5) is 5.69 Å². The summed E-state index contributed by atoms with van der Waals surface area (Å²) in [4.78, 5) is 39.3. The van der Waals surface area contributed by atoms with Gasteiger partial charge in [-0.1, -0.05) is 17.7 Å². The van der Waals surface area contributed by atoms with E-state index >= 15 is 0 Å². The molecule has 2 aliphatic rings. The van der Waals surface area contributed by atoms with Crippen molar-refractivity contribution >= 4 is 34.9 Å². The van der Waals surface area contributed by atoms with Crippen LogP contribution in [0.2, 0.25) is 5.02 Å². The Kier molecular flexibility index (Phi) is 5.93. The second-order valence-corrected chi connectivity index (χ2v) is 8.12. The summed E-state index contributed by atoms with van der Waals surface area (Å²) in [6.45, 7) is 0. The van der Waals surface area contributed by atoms with Crippen LogP contribution < -0.4 is 14.4 Å². The number of Topliss-reactive ketones (excluding diaryl/α,β-unsaturated/α-hetero) is 1. The summed E-state index contributed by atoms with van der Waals surface area (Å²) < 4.78 is 10.7. The van der Waals surface area contributed by atoms with E-state index in [1.807, 2.05) is 6.07 Å². The minimum Gasteiger partial charge on any atom is -0.493 e. The summed E-state index contributed by atoms with van der Waals surface area (Å²) >= 11 is 6.37. The first-order valence-electron chi connectivity index (χ1n) is 10.2. The van der Waals surface area contributed by atoms with Gasteiger partial charge in [0.15, 0.2) is 17.3 Å². The molecule has 0 bridgehead atoms. The van der Waals surface area contributed by atoms with E-state index < -0.39 is 11.9 Å². The highest BCUT2D eigenvalue weighted by Crippen LogP contribution is 2.46. The maximum Gasteiger partial charge on any atom is 0.335 e. The molecular formula is C24H22ClNO6. The fourth-order valence-corrected chi connectivity index (χ4v) is 4.65. The minimum atomic E-state index is -1.12. The Bertz CT molecular complexity index is 1160. The SMILES string of the molecule is COc1ccc(C2CC(=O)N(c3cc(C(=O)O)ccc3Cl)C3=C2C(=O)CCC3)cc1OC. The van der Waals surface area contributed by atoms with Gasteiger partial charge >= 0.3 is 5.97 Å². The monoisotopic (exact) mass is 455 g/mol. The average molecular weight is 456 g/mol. The molecule has 0 radical (unpaired) electrons. The predicted molar refractivity (Wildman–Crippen MR) is 119 cm³/mol. The van der Waals surface area contributed by atoms with Crippen molar-refractivity contribution in [2.45, 2.75) is 31.6 Å². The van der Waals surface area contributed by atoms with Gasteiger partial charge in [-0.2, -0.15) is 0 Å². The van der Waals surface area contributed by atoms with Crippen LogP contribution >= 0.6 is 11.6 Å². The lowest BCUT2D eigenvalue weighted by atomic mass is 9.77. The second kappa shape index (κ2) is 8.67. The Hall–Kier alpha value is -3.32. The van der Waals surface area contributed by atoms with Crippen LogP contribution in [0.3, 0.4) is 0 Å². The lowest BCUT2D eigenvalue weighted by molar-refractivity contribution is -0.119. The molecule has 1 N–H and O–H groups in total. The lowest BCUT2D eigenvalue weighted by Crippen LogP contribution is -2.40. The molecule has 0 fully saturated rings. The molecule has 1 unspecified atom stereocenters. The predicted octanol–water partition coefficient (Wildman–Crippen LogP) is 4.58. The fraction of sp³-hybridized carbons (Fsp3) is 0.292. The van der Waals surface area contributed by atoms with Gasteiger partial charge < -0.3 is 14.6 Å². The normalized spacial score (nSPS) is 18.5. The molecule has 32 heavy (non-hydrogen) atoms. The van der Waals surface area contributed by atoms with Crippen molar-refractivity contribution in [3.8, 4) is 11.5 Å². The first-order chi connectivity index (χ1) is 15.3. The summed E-state index contributed by atoms with van der Waals surface area (Å²) in [5.41, 5.74) is 2.23. The zero-order chi connectivity index (χ0) is 23.0. The number of allylic oxidation sites excluding steroid dienone is 2. The highest BCUT2D eigenvalue weighted by Gasteiger charge is 2.40. The second-order valence-electron chi connectivity index (χ2n) is 7.71. The molecule has 0 saturated heterocycles. The molecule has 7 nitrogen and oxygen atoms in total. The molecule has 0 saturated carbocycles. The van der Waals surface area contributed by atoms with Crippen LogP contribution in [-0.4, -0.2) is 37.0 Å². The number of carboxylic acids is 1. The Balaban J connectivity index is 1.87. The Morgan fingerprint density at radius 2 is 1.81 bits per heavy atom. The summed E-state index contributed by atoms with van der Waals surface area (Å²) in [5.74, 6) is -0.743. The fourth-order valence-electron chi connectivity index (χ4n) is 4.44. The highest BCUT2D eigenvalue weighted by molar-refractivity contribution is 6.34. The van der Waals surface area contributed by atoms with E-state index in [0.29, 0.717) is 42.0 Å². The van der Waals surface area contributed by atoms with Gasteiger partial charge in [0.1, 0.15) is 0 Å². The summed E-state index contributed by atoms with van der Waals surface area (Å²) in [5, 5.41) is 9.63. The Labute approximate surface area is 190 Å². The number of rotatable bonds is 5.